The average Bonchev–Trinajstić information content (AvgIpc) is 3.09. The van der Waals surface area contributed by atoms with Crippen molar-refractivity contribution in [3.63, 3.8) is 0 Å². The summed E-state index contributed by atoms with van der Waals surface area (Å²) >= 11 is 0. The summed E-state index contributed by atoms with van der Waals surface area (Å²) in [6.07, 6.45) is 16.2. The Kier molecular flexibility index (Phi) is 27.3. The van der Waals surface area contributed by atoms with Gasteiger partial charge < -0.3 is 30.1 Å². The van der Waals surface area contributed by atoms with E-state index >= 15 is 0 Å². The normalized spacial score (nSPS) is 22.3. The van der Waals surface area contributed by atoms with E-state index in [0.717, 1.165) is 44.9 Å². The summed E-state index contributed by atoms with van der Waals surface area (Å²) in [4.78, 5) is 12.9. The Balaban J connectivity index is 2.81. The minimum atomic E-state index is -5.23. The molecule has 0 aromatic heterocycles. The number of amides is 1. The number of hydrogen-bond acceptors (Lipinski definition) is 12. The summed E-state index contributed by atoms with van der Waals surface area (Å²) in [5.41, 5.74) is 0. The first kappa shape index (κ1) is 49.8. The summed E-state index contributed by atoms with van der Waals surface area (Å²) < 4.78 is 83.0. The molecule has 0 bridgehead atoms. The maximum absolute atomic E-state index is 12.9. The fourth-order valence-corrected chi connectivity index (χ4v) is 6.99. The standard InChI is InChI=1S/C36H69NO14S2/c1-3-5-7-9-11-13-14-15-16-18-19-21-23-25-30(38)29(37-32(39)26-24-22-20-17-12-10-8-6-4-2)27-48-36-34(41)35(51-53(45,46)47)33(40)31(50-36)28-49-52(42,43)44/h23,25,29-31,33-36,38,40-41H,3-22,24,26-28H2,1-2H3,(H,37,39)(H,42,43,44)(H,45,46,47)/b25-23+. The van der Waals surface area contributed by atoms with Crippen LogP contribution in [0.3, 0.4) is 0 Å². The van der Waals surface area contributed by atoms with E-state index in [0.29, 0.717) is 12.8 Å². The van der Waals surface area contributed by atoms with E-state index in [-0.39, 0.29) is 12.3 Å². The lowest BCUT2D eigenvalue weighted by Gasteiger charge is -2.41. The molecule has 7 unspecified atom stereocenters. The molecule has 0 saturated carbocycles. The van der Waals surface area contributed by atoms with Crippen LogP contribution in [0, 0.1) is 0 Å². The van der Waals surface area contributed by atoms with Crippen LogP contribution in [0.1, 0.15) is 155 Å². The van der Waals surface area contributed by atoms with Gasteiger partial charge in [0.2, 0.25) is 5.91 Å². The molecule has 17 heteroatoms. The number of carbonyl (C=O) groups is 1. The number of nitrogens with one attached hydrogen (secondary N) is 1. The molecule has 1 saturated heterocycles. The van der Waals surface area contributed by atoms with Crippen LogP contribution in [0.2, 0.25) is 0 Å². The van der Waals surface area contributed by atoms with Gasteiger partial charge in [-0.15, -0.1) is 0 Å². The van der Waals surface area contributed by atoms with Gasteiger partial charge in [-0.3, -0.25) is 13.9 Å². The predicted octanol–water partition coefficient (Wildman–Crippen LogP) is 5.48. The van der Waals surface area contributed by atoms with E-state index in [1.807, 2.05) is 6.08 Å². The van der Waals surface area contributed by atoms with Gasteiger partial charge in [0.25, 0.3) is 0 Å². The molecule has 1 aliphatic heterocycles. The number of aliphatic hydroxyl groups is 3. The van der Waals surface area contributed by atoms with Gasteiger partial charge in [-0.05, 0) is 19.3 Å². The number of aliphatic hydroxyl groups excluding tert-OH is 3. The highest BCUT2D eigenvalue weighted by Crippen LogP contribution is 2.26. The molecule has 1 heterocycles. The topological polar surface area (TPSA) is 235 Å². The molecular formula is C36H69NO14S2. The Labute approximate surface area is 318 Å². The highest BCUT2D eigenvalue weighted by molar-refractivity contribution is 7.81. The zero-order valence-electron chi connectivity index (χ0n) is 31.9. The van der Waals surface area contributed by atoms with Crippen molar-refractivity contribution in [3.8, 4) is 0 Å². The highest BCUT2D eigenvalue weighted by atomic mass is 32.3. The molecule has 314 valence electrons. The van der Waals surface area contributed by atoms with Crippen LogP contribution in [0.25, 0.3) is 0 Å². The third kappa shape index (κ3) is 25.5. The van der Waals surface area contributed by atoms with E-state index in [1.165, 1.54) is 83.1 Å². The van der Waals surface area contributed by atoms with Crippen LogP contribution < -0.4 is 5.32 Å². The van der Waals surface area contributed by atoms with Crippen LogP contribution >= 0.6 is 0 Å². The molecule has 1 rings (SSSR count). The minimum Gasteiger partial charge on any atom is -0.387 e. The van der Waals surface area contributed by atoms with Crippen molar-refractivity contribution in [2.45, 2.75) is 198 Å². The lowest BCUT2D eigenvalue weighted by molar-refractivity contribution is -0.297. The van der Waals surface area contributed by atoms with Gasteiger partial charge in [-0.2, -0.15) is 16.8 Å². The predicted molar refractivity (Wildman–Crippen MR) is 201 cm³/mol. The molecule has 1 fully saturated rings. The zero-order chi connectivity index (χ0) is 39.5. The summed E-state index contributed by atoms with van der Waals surface area (Å²) in [5.74, 6) is -0.341. The first-order valence-corrected chi connectivity index (χ1v) is 22.5. The first-order valence-electron chi connectivity index (χ1n) is 19.7. The molecule has 0 radical (unpaired) electrons. The van der Waals surface area contributed by atoms with Gasteiger partial charge in [-0.1, -0.05) is 142 Å². The second kappa shape index (κ2) is 29.1. The summed E-state index contributed by atoms with van der Waals surface area (Å²) in [7, 11) is -10.2. The van der Waals surface area contributed by atoms with Crippen LogP contribution in [0.5, 0.6) is 0 Å². The smallest absolute Gasteiger partial charge is 0.387 e. The lowest BCUT2D eigenvalue weighted by Crippen LogP contribution is -2.61. The molecule has 0 aliphatic carbocycles. The Morgan fingerprint density at radius 3 is 1.72 bits per heavy atom. The fraction of sp³-hybridized carbons (Fsp3) is 0.917. The molecule has 53 heavy (non-hydrogen) atoms. The molecule has 15 nitrogen and oxygen atoms in total. The van der Waals surface area contributed by atoms with Gasteiger partial charge in [-0.25, -0.2) is 8.37 Å². The Hall–Kier alpha value is -1.25. The van der Waals surface area contributed by atoms with Gasteiger partial charge in [0, 0.05) is 6.42 Å². The third-order valence-electron chi connectivity index (χ3n) is 9.27. The SMILES string of the molecule is CCCCCCCCCCCCC/C=C/C(O)C(COC1OC(COS(=O)(=O)O)C(O)C(OS(=O)(=O)O)C1O)NC(=O)CCCCCCCCCCC. The van der Waals surface area contributed by atoms with Crippen LogP contribution in [0.15, 0.2) is 12.2 Å². The average molecular weight is 804 g/mol. The lowest BCUT2D eigenvalue weighted by atomic mass is 9.99. The fourth-order valence-electron chi connectivity index (χ4n) is 6.18. The van der Waals surface area contributed by atoms with Crippen LogP contribution in [-0.4, -0.2) is 103 Å². The molecular weight excluding hydrogens is 735 g/mol. The summed E-state index contributed by atoms with van der Waals surface area (Å²) in [6, 6.07) is -1.05. The highest BCUT2D eigenvalue weighted by Gasteiger charge is 2.48. The number of carbonyl (C=O) groups excluding carboxylic acids is 1. The number of allylic oxidation sites excluding steroid dienone is 1. The maximum atomic E-state index is 12.9. The Morgan fingerprint density at radius 2 is 1.23 bits per heavy atom. The van der Waals surface area contributed by atoms with E-state index < -0.39 is 76.9 Å². The zero-order valence-corrected chi connectivity index (χ0v) is 33.5. The number of unbranched alkanes of at least 4 members (excludes halogenated alkanes) is 19. The van der Waals surface area contributed by atoms with Crippen LogP contribution in [-0.2, 0) is 43.4 Å². The minimum absolute atomic E-state index is 0.204. The number of rotatable bonds is 33. The quantitative estimate of drug-likeness (QED) is 0.0274. The molecule has 1 amide bonds. The van der Waals surface area contributed by atoms with Crippen molar-refractivity contribution in [2.24, 2.45) is 0 Å². The Morgan fingerprint density at radius 1 is 0.736 bits per heavy atom. The van der Waals surface area contributed by atoms with Crippen molar-refractivity contribution >= 4 is 26.7 Å². The van der Waals surface area contributed by atoms with E-state index in [1.54, 1.807) is 0 Å². The molecule has 0 spiro atoms. The number of hydrogen-bond donors (Lipinski definition) is 6. The second-order valence-corrected chi connectivity index (χ2v) is 16.2. The summed E-state index contributed by atoms with van der Waals surface area (Å²) in [6.45, 7) is 2.87. The number of ether oxygens (including phenoxy) is 2. The van der Waals surface area contributed by atoms with Crippen molar-refractivity contribution in [3.05, 3.63) is 12.2 Å². The van der Waals surface area contributed by atoms with E-state index in [9.17, 15) is 41.5 Å². The van der Waals surface area contributed by atoms with Gasteiger partial charge >= 0.3 is 20.8 Å². The van der Waals surface area contributed by atoms with Crippen molar-refractivity contribution < 1.29 is 63.9 Å². The van der Waals surface area contributed by atoms with Gasteiger partial charge in [0.15, 0.2) is 6.29 Å². The summed E-state index contributed by atoms with van der Waals surface area (Å²) in [5, 5.41) is 35.0. The van der Waals surface area contributed by atoms with Gasteiger partial charge in [0.1, 0.15) is 24.4 Å². The molecule has 6 N–H and O–H groups in total. The van der Waals surface area contributed by atoms with E-state index in [2.05, 4.69) is 27.5 Å². The molecule has 7 atom stereocenters. The van der Waals surface area contributed by atoms with Crippen molar-refractivity contribution in [1.29, 1.82) is 0 Å². The maximum Gasteiger partial charge on any atom is 0.397 e. The van der Waals surface area contributed by atoms with Gasteiger partial charge in [0.05, 0.1) is 25.4 Å². The molecule has 0 aromatic rings. The van der Waals surface area contributed by atoms with Crippen molar-refractivity contribution in [2.75, 3.05) is 13.2 Å². The monoisotopic (exact) mass is 803 g/mol. The molecule has 1 aliphatic rings. The first-order chi connectivity index (χ1) is 25.2. The van der Waals surface area contributed by atoms with E-state index in [4.69, 9.17) is 14.0 Å². The molecule has 0 aromatic carbocycles. The second-order valence-electron chi connectivity index (χ2n) is 14.1. The Bertz CT molecular complexity index is 1190. The van der Waals surface area contributed by atoms with Crippen molar-refractivity contribution in [1.82, 2.24) is 5.32 Å². The largest absolute Gasteiger partial charge is 0.397 e. The van der Waals surface area contributed by atoms with Crippen LogP contribution in [0.4, 0.5) is 0 Å². The third-order valence-corrected chi connectivity index (χ3v) is 10.2.